The largest absolute Gasteiger partial charge is 0.457 e. The summed E-state index contributed by atoms with van der Waals surface area (Å²) < 4.78 is 12.4. The molecule has 0 radical (unpaired) electrons. The Morgan fingerprint density at radius 2 is 0.838 bits per heavy atom. The molecule has 0 saturated heterocycles. The monoisotopic (exact) mass is 490 g/mol. The highest BCUT2D eigenvalue weighted by molar-refractivity contribution is 5.62. The maximum atomic E-state index is 6.21. The van der Waals surface area contributed by atoms with Gasteiger partial charge in [-0.2, -0.15) is 0 Å². The molecule has 37 heavy (non-hydrogen) atoms. The van der Waals surface area contributed by atoms with E-state index in [0.717, 1.165) is 47.2 Å². The predicted molar refractivity (Wildman–Crippen MR) is 151 cm³/mol. The Labute approximate surface area is 219 Å². The van der Waals surface area contributed by atoms with Crippen LogP contribution in [0.5, 0.6) is 23.0 Å². The summed E-state index contributed by atoms with van der Waals surface area (Å²) in [4.78, 5) is 0. The molecule has 0 aliphatic heterocycles. The molecular formula is C33H34N2O2. The van der Waals surface area contributed by atoms with Crippen LogP contribution in [0.3, 0.4) is 0 Å². The standard InChI is InChI=1S/C33H34N2O2/c1-31(2)19-33(27-15-13-25(17-29(27)31)36-23-9-5-21(34)6-10-23)20-32(3,4)30-18-26(14-16-28(30)33)37-24-11-7-22(35)8-12-24/h5-18H,19-20,34-35H2,1-4H3. The quantitative estimate of drug-likeness (QED) is 0.284. The van der Waals surface area contributed by atoms with Gasteiger partial charge in [-0.05, 0) is 119 Å². The van der Waals surface area contributed by atoms with E-state index in [0.29, 0.717) is 0 Å². The van der Waals surface area contributed by atoms with E-state index in [1.54, 1.807) is 0 Å². The number of nitrogens with two attached hydrogens (primary N) is 2. The molecule has 0 heterocycles. The van der Waals surface area contributed by atoms with E-state index < -0.39 is 0 Å². The number of hydrogen-bond acceptors (Lipinski definition) is 4. The molecule has 0 saturated carbocycles. The third-order valence-electron chi connectivity index (χ3n) is 8.19. The van der Waals surface area contributed by atoms with Crippen molar-refractivity contribution in [3.63, 3.8) is 0 Å². The SMILES string of the molecule is CC1(C)CC2(CC(C)(C)c3cc(Oc4ccc(N)cc4)ccc32)c2ccc(Oc3ccc(N)cc3)cc21. The highest BCUT2D eigenvalue weighted by atomic mass is 16.5. The second kappa shape index (κ2) is 8.04. The molecule has 2 aliphatic rings. The molecule has 0 bridgehead atoms. The van der Waals surface area contributed by atoms with Crippen molar-refractivity contribution in [2.24, 2.45) is 0 Å². The van der Waals surface area contributed by atoms with Gasteiger partial charge in [0.1, 0.15) is 23.0 Å². The van der Waals surface area contributed by atoms with Crippen molar-refractivity contribution in [3.05, 3.63) is 107 Å². The molecular weight excluding hydrogens is 456 g/mol. The van der Waals surface area contributed by atoms with Crippen LogP contribution in [0, 0.1) is 0 Å². The average Bonchev–Trinajstić information content (AvgIpc) is 3.21. The smallest absolute Gasteiger partial charge is 0.127 e. The zero-order valence-electron chi connectivity index (χ0n) is 22.0. The van der Waals surface area contributed by atoms with Crippen molar-refractivity contribution in [3.8, 4) is 23.0 Å². The Kier molecular flexibility index (Phi) is 5.10. The van der Waals surface area contributed by atoms with Crippen molar-refractivity contribution >= 4 is 11.4 Å². The van der Waals surface area contributed by atoms with Gasteiger partial charge in [0.15, 0.2) is 0 Å². The molecule has 0 fully saturated rings. The summed E-state index contributed by atoms with van der Waals surface area (Å²) in [7, 11) is 0. The molecule has 2 aliphatic carbocycles. The summed E-state index contributed by atoms with van der Waals surface area (Å²) in [5.74, 6) is 3.30. The number of nitrogen functional groups attached to an aromatic ring is 2. The molecule has 0 atom stereocenters. The maximum Gasteiger partial charge on any atom is 0.127 e. The molecule has 188 valence electrons. The molecule has 4 nitrogen and oxygen atoms in total. The van der Waals surface area contributed by atoms with Gasteiger partial charge in [-0.25, -0.2) is 0 Å². The third kappa shape index (κ3) is 3.92. The topological polar surface area (TPSA) is 70.5 Å². The Morgan fingerprint density at radius 3 is 1.22 bits per heavy atom. The second-order valence-corrected chi connectivity index (χ2v) is 12.0. The van der Waals surface area contributed by atoms with Crippen LogP contribution in [0.25, 0.3) is 0 Å². The first-order chi connectivity index (χ1) is 17.6. The van der Waals surface area contributed by atoms with Crippen LogP contribution in [0.4, 0.5) is 11.4 Å². The Hall–Kier alpha value is -3.92. The molecule has 4 heteroatoms. The first-order valence-corrected chi connectivity index (χ1v) is 12.9. The summed E-state index contributed by atoms with van der Waals surface area (Å²) in [6, 6.07) is 28.4. The lowest BCUT2D eigenvalue weighted by Crippen LogP contribution is -2.26. The molecule has 0 amide bonds. The summed E-state index contributed by atoms with van der Waals surface area (Å²) >= 11 is 0. The number of benzene rings is 4. The van der Waals surface area contributed by atoms with Crippen molar-refractivity contribution in [2.75, 3.05) is 11.5 Å². The minimum Gasteiger partial charge on any atom is -0.457 e. The number of fused-ring (bicyclic) bond motifs is 4. The summed E-state index contributed by atoms with van der Waals surface area (Å²) in [5, 5.41) is 0. The summed E-state index contributed by atoms with van der Waals surface area (Å²) in [6.07, 6.45) is 2.13. The number of rotatable bonds is 4. The zero-order valence-corrected chi connectivity index (χ0v) is 22.0. The second-order valence-electron chi connectivity index (χ2n) is 12.0. The van der Waals surface area contributed by atoms with Crippen LogP contribution in [0.2, 0.25) is 0 Å². The Balaban J connectivity index is 1.38. The van der Waals surface area contributed by atoms with Gasteiger partial charge in [-0.1, -0.05) is 39.8 Å². The van der Waals surface area contributed by atoms with Gasteiger partial charge in [0.25, 0.3) is 0 Å². The van der Waals surface area contributed by atoms with Gasteiger partial charge in [-0.15, -0.1) is 0 Å². The van der Waals surface area contributed by atoms with Crippen molar-refractivity contribution in [2.45, 2.75) is 56.8 Å². The molecule has 0 aromatic heterocycles. The average molecular weight is 491 g/mol. The lowest BCUT2D eigenvalue weighted by Gasteiger charge is -2.30. The minimum absolute atomic E-state index is 0.0205. The van der Waals surface area contributed by atoms with Gasteiger partial charge in [0.05, 0.1) is 0 Å². The van der Waals surface area contributed by atoms with Crippen LogP contribution in [0.1, 0.15) is 62.8 Å². The van der Waals surface area contributed by atoms with Crippen LogP contribution in [0.15, 0.2) is 84.9 Å². The van der Waals surface area contributed by atoms with E-state index in [1.807, 2.05) is 48.5 Å². The number of ether oxygens (including phenoxy) is 2. The van der Waals surface area contributed by atoms with Gasteiger partial charge < -0.3 is 20.9 Å². The third-order valence-corrected chi connectivity index (χ3v) is 8.19. The van der Waals surface area contributed by atoms with Gasteiger partial charge in [0, 0.05) is 16.8 Å². The first-order valence-electron chi connectivity index (χ1n) is 12.9. The normalized spacial score (nSPS) is 17.8. The van der Waals surface area contributed by atoms with E-state index in [-0.39, 0.29) is 16.2 Å². The summed E-state index contributed by atoms with van der Waals surface area (Å²) in [6.45, 7) is 9.43. The van der Waals surface area contributed by atoms with Crippen LogP contribution >= 0.6 is 0 Å². The predicted octanol–water partition coefficient (Wildman–Crippen LogP) is 8.08. The van der Waals surface area contributed by atoms with Gasteiger partial charge in [0.2, 0.25) is 0 Å². The van der Waals surface area contributed by atoms with E-state index >= 15 is 0 Å². The molecule has 0 unspecified atom stereocenters. The van der Waals surface area contributed by atoms with E-state index in [1.165, 1.54) is 22.3 Å². The maximum absolute atomic E-state index is 6.21. The minimum atomic E-state index is -0.0306. The lowest BCUT2D eigenvalue weighted by atomic mass is 9.72. The van der Waals surface area contributed by atoms with E-state index in [4.69, 9.17) is 20.9 Å². The fourth-order valence-corrected chi connectivity index (χ4v) is 6.76. The van der Waals surface area contributed by atoms with Crippen LogP contribution in [-0.4, -0.2) is 0 Å². The van der Waals surface area contributed by atoms with Crippen molar-refractivity contribution < 1.29 is 9.47 Å². The number of anilines is 2. The van der Waals surface area contributed by atoms with Crippen LogP contribution < -0.4 is 20.9 Å². The first kappa shape index (κ1) is 23.5. The summed E-state index contributed by atoms with van der Waals surface area (Å²) in [5.41, 5.74) is 18.7. The molecule has 4 N–H and O–H groups in total. The molecule has 4 aromatic carbocycles. The highest BCUT2D eigenvalue weighted by Crippen LogP contribution is 2.63. The Bertz CT molecular complexity index is 1370. The van der Waals surface area contributed by atoms with Gasteiger partial charge in [-0.3, -0.25) is 0 Å². The molecule has 1 spiro atoms. The molecule has 4 aromatic rings. The number of hydrogen-bond donors (Lipinski definition) is 2. The molecule has 6 rings (SSSR count). The Morgan fingerprint density at radius 1 is 0.486 bits per heavy atom. The lowest BCUT2D eigenvalue weighted by molar-refractivity contribution is 0.349. The zero-order chi connectivity index (χ0) is 26.0. The van der Waals surface area contributed by atoms with Crippen molar-refractivity contribution in [1.82, 2.24) is 0 Å². The van der Waals surface area contributed by atoms with Crippen LogP contribution in [-0.2, 0) is 16.2 Å². The van der Waals surface area contributed by atoms with Crippen molar-refractivity contribution in [1.29, 1.82) is 0 Å². The highest BCUT2D eigenvalue weighted by Gasteiger charge is 2.56. The van der Waals surface area contributed by atoms with E-state index in [2.05, 4.69) is 64.1 Å². The fraction of sp³-hybridized carbons (Fsp3) is 0.273. The fourth-order valence-electron chi connectivity index (χ4n) is 6.76. The van der Waals surface area contributed by atoms with E-state index in [9.17, 15) is 0 Å². The van der Waals surface area contributed by atoms with Gasteiger partial charge >= 0.3 is 0 Å².